The predicted octanol–water partition coefficient (Wildman–Crippen LogP) is 9.13. The van der Waals surface area contributed by atoms with Gasteiger partial charge in [-0.3, -0.25) is 0 Å². The summed E-state index contributed by atoms with van der Waals surface area (Å²) < 4.78 is 12.9. The lowest BCUT2D eigenvalue weighted by Gasteiger charge is -2.04. The summed E-state index contributed by atoms with van der Waals surface area (Å²) >= 11 is 0. The average molecular weight is 424 g/mol. The lowest BCUT2D eigenvalue weighted by Crippen LogP contribution is -1.81. The van der Waals surface area contributed by atoms with E-state index in [9.17, 15) is 0 Å². The van der Waals surface area contributed by atoms with Gasteiger partial charge in [0.15, 0.2) is 0 Å². The predicted molar refractivity (Wildman–Crippen MR) is 137 cm³/mol. The van der Waals surface area contributed by atoms with Crippen LogP contribution in [0.3, 0.4) is 0 Å². The van der Waals surface area contributed by atoms with Gasteiger partial charge in [0.2, 0.25) is 0 Å². The van der Waals surface area contributed by atoms with Crippen LogP contribution in [0.15, 0.2) is 112 Å². The molecule has 0 atom stereocenters. The summed E-state index contributed by atoms with van der Waals surface area (Å²) in [6.07, 6.45) is 0. The van der Waals surface area contributed by atoms with Gasteiger partial charge in [0.05, 0.1) is 5.56 Å². The molecule has 0 aliphatic carbocycles. The molecular formula is C31H20O2. The maximum Gasteiger partial charge on any atom is 0.147 e. The van der Waals surface area contributed by atoms with Crippen LogP contribution in [0.1, 0.15) is 5.56 Å². The zero-order chi connectivity index (χ0) is 21.9. The largest absolute Gasteiger partial charge is 0.455 e. The van der Waals surface area contributed by atoms with Gasteiger partial charge in [0.1, 0.15) is 22.3 Å². The Hall–Kier alpha value is -4.30. The van der Waals surface area contributed by atoms with Crippen molar-refractivity contribution < 1.29 is 8.83 Å². The van der Waals surface area contributed by atoms with Crippen molar-refractivity contribution in [3.8, 4) is 22.3 Å². The molecule has 0 aliphatic rings. The van der Waals surface area contributed by atoms with E-state index in [1.807, 2.05) is 12.1 Å². The van der Waals surface area contributed by atoms with Crippen molar-refractivity contribution >= 4 is 43.9 Å². The maximum atomic E-state index is 6.50. The highest BCUT2D eigenvalue weighted by atomic mass is 16.3. The van der Waals surface area contributed by atoms with Gasteiger partial charge in [-0.25, -0.2) is 0 Å². The number of benzene rings is 5. The Labute approximate surface area is 190 Å². The van der Waals surface area contributed by atoms with Gasteiger partial charge < -0.3 is 8.83 Å². The SMILES string of the molecule is Cc1ccc2oc3c(-c4ccccc4)c4oc5ccc(-c6ccccc6)cc5c4cc3c2c1. The van der Waals surface area contributed by atoms with Gasteiger partial charge in [-0.2, -0.15) is 0 Å². The van der Waals surface area contributed by atoms with E-state index in [1.54, 1.807) is 0 Å². The first-order chi connectivity index (χ1) is 16.3. The van der Waals surface area contributed by atoms with Gasteiger partial charge >= 0.3 is 0 Å². The first-order valence-electron chi connectivity index (χ1n) is 11.2. The van der Waals surface area contributed by atoms with Gasteiger partial charge in [0, 0.05) is 21.5 Å². The molecule has 5 aromatic carbocycles. The summed E-state index contributed by atoms with van der Waals surface area (Å²) in [6.45, 7) is 2.12. The Morgan fingerprint density at radius 1 is 0.455 bits per heavy atom. The van der Waals surface area contributed by atoms with Crippen LogP contribution in [-0.2, 0) is 0 Å². The first-order valence-corrected chi connectivity index (χ1v) is 11.2. The van der Waals surface area contributed by atoms with E-state index in [0.717, 1.165) is 55.0 Å². The maximum absolute atomic E-state index is 6.50. The molecule has 0 N–H and O–H groups in total. The standard InChI is InChI=1S/C31H20O2/c1-19-12-14-27-23(16-19)25-18-26-24-17-22(20-8-4-2-5-9-20)13-15-28(24)33-31(26)29(30(25)32-27)21-10-6-3-7-11-21/h2-18H,1H3. The van der Waals surface area contributed by atoms with Gasteiger partial charge in [-0.05, 0) is 53.9 Å². The second kappa shape index (κ2) is 6.85. The molecule has 0 unspecified atom stereocenters. The monoisotopic (exact) mass is 424 g/mol. The Bertz CT molecular complexity index is 1800. The molecule has 2 aromatic heterocycles. The minimum Gasteiger partial charge on any atom is -0.455 e. The molecule has 0 aliphatic heterocycles. The quantitative estimate of drug-likeness (QED) is 0.276. The number of furan rings is 2. The fraction of sp³-hybridized carbons (Fsp3) is 0.0323. The molecule has 0 saturated heterocycles. The van der Waals surface area contributed by atoms with Crippen molar-refractivity contribution in [1.82, 2.24) is 0 Å². The van der Waals surface area contributed by atoms with Crippen LogP contribution in [0.2, 0.25) is 0 Å². The highest BCUT2D eigenvalue weighted by Crippen LogP contribution is 2.45. The van der Waals surface area contributed by atoms with E-state index >= 15 is 0 Å². The number of aryl methyl sites for hydroxylation is 1. The summed E-state index contributed by atoms with van der Waals surface area (Å²) in [4.78, 5) is 0. The molecule has 33 heavy (non-hydrogen) atoms. The minimum absolute atomic E-state index is 0.865. The van der Waals surface area contributed by atoms with Crippen molar-refractivity contribution in [3.63, 3.8) is 0 Å². The van der Waals surface area contributed by atoms with E-state index in [2.05, 4.69) is 97.9 Å². The van der Waals surface area contributed by atoms with Crippen LogP contribution >= 0.6 is 0 Å². The van der Waals surface area contributed by atoms with Crippen molar-refractivity contribution in [1.29, 1.82) is 0 Å². The zero-order valence-corrected chi connectivity index (χ0v) is 18.1. The van der Waals surface area contributed by atoms with E-state index in [0.29, 0.717) is 0 Å². The second-order valence-corrected chi connectivity index (χ2v) is 8.65. The molecule has 7 rings (SSSR count). The second-order valence-electron chi connectivity index (χ2n) is 8.65. The molecule has 0 amide bonds. The first kappa shape index (κ1) is 18.3. The highest BCUT2D eigenvalue weighted by molar-refractivity contribution is 6.22. The van der Waals surface area contributed by atoms with Gasteiger partial charge in [-0.15, -0.1) is 0 Å². The van der Waals surface area contributed by atoms with Crippen molar-refractivity contribution in [2.45, 2.75) is 6.92 Å². The summed E-state index contributed by atoms with van der Waals surface area (Å²) in [5.74, 6) is 0. The summed E-state index contributed by atoms with van der Waals surface area (Å²) in [6, 6.07) is 35.9. The third kappa shape index (κ3) is 2.74. The Morgan fingerprint density at radius 2 is 1.03 bits per heavy atom. The minimum atomic E-state index is 0.865. The third-order valence-corrected chi connectivity index (χ3v) is 6.52. The summed E-state index contributed by atoms with van der Waals surface area (Å²) in [5, 5.41) is 4.48. The summed E-state index contributed by atoms with van der Waals surface area (Å²) in [5.41, 5.74) is 9.21. The molecule has 0 radical (unpaired) electrons. The molecule has 0 bridgehead atoms. The molecule has 7 aromatic rings. The van der Waals surface area contributed by atoms with E-state index in [-0.39, 0.29) is 0 Å². The van der Waals surface area contributed by atoms with E-state index in [1.165, 1.54) is 16.7 Å². The lowest BCUT2D eigenvalue weighted by atomic mass is 9.97. The van der Waals surface area contributed by atoms with Gasteiger partial charge in [-0.1, -0.05) is 78.4 Å². The van der Waals surface area contributed by atoms with Crippen LogP contribution in [-0.4, -0.2) is 0 Å². The van der Waals surface area contributed by atoms with Crippen LogP contribution in [0.25, 0.3) is 66.1 Å². The molecule has 156 valence electrons. The molecule has 2 heterocycles. The third-order valence-electron chi connectivity index (χ3n) is 6.52. The van der Waals surface area contributed by atoms with E-state index in [4.69, 9.17) is 8.83 Å². The molecule has 2 heteroatoms. The normalized spacial score (nSPS) is 11.8. The number of hydrogen-bond acceptors (Lipinski definition) is 2. The van der Waals surface area contributed by atoms with Gasteiger partial charge in [0.25, 0.3) is 0 Å². The number of hydrogen-bond donors (Lipinski definition) is 0. The van der Waals surface area contributed by atoms with Crippen molar-refractivity contribution in [3.05, 3.63) is 109 Å². The summed E-state index contributed by atoms with van der Waals surface area (Å²) in [7, 11) is 0. The zero-order valence-electron chi connectivity index (χ0n) is 18.1. The molecule has 2 nitrogen and oxygen atoms in total. The number of rotatable bonds is 2. The topological polar surface area (TPSA) is 26.3 Å². The molecule has 0 saturated carbocycles. The highest BCUT2D eigenvalue weighted by Gasteiger charge is 2.21. The van der Waals surface area contributed by atoms with E-state index < -0.39 is 0 Å². The van der Waals surface area contributed by atoms with Crippen LogP contribution < -0.4 is 0 Å². The fourth-order valence-electron chi connectivity index (χ4n) is 4.93. The van der Waals surface area contributed by atoms with Crippen LogP contribution in [0, 0.1) is 6.92 Å². The van der Waals surface area contributed by atoms with Crippen LogP contribution in [0.5, 0.6) is 0 Å². The Morgan fingerprint density at radius 3 is 1.70 bits per heavy atom. The molecule has 0 fully saturated rings. The lowest BCUT2D eigenvalue weighted by molar-refractivity contribution is 0.658. The van der Waals surface area contributed by atoms with Crippen molar-refractivity contribution in [2.75, 3.05) is 0 Å². The molecule has 0 spiro atoms. The fourth-order valence-corrected chi connectivity index (χ4v) is 4.93. The Kier molecular flexibility index (Phi) is 3.80. The smallest absolute Gasteiger partial charge is 0.147 e. The Balaban J connectivity index is 1.65. The van der Waals surface area contributed by atoms with Crippen molar-refractivity contribution in [2.24, 2.45) is 0 Å². The van der Waals surface area contributed by atoms with Crippen LogP contribution in [0.4, 0.5) is 0 Å². The number of fused-ring (bicyclic) bond motifs is 6. The molecular weight excluding hydrogens is 404 g/mol. The average Bonchev–Trinajstić information content (AvgIpc) is 3.41.